The van der Waals surface area contributed by atoms with Crippen LogP contribution in [0.1, 0.15) is 32.6 Å². The van der Waals surface area contributed by atoms with Crippen LogP contribution in [0.3, 0.4) is 0 Å². The van der Waals surface area contributed by atoms with Crippen molar-refractivity contribution in [1.82, 2.24) is 5.32 Å². The van der Waals surface area contributed by atoms with Crippen molar-refractivity contribution in [2.75, 3.05) is 0 Å². The summed E-state index contributed by atoms with van der Waals surface area (Å²) in [6.07, 6.45) is -0.762. The first-order valence-electron chi connectivity index (χ1n) is 5.55. The summed E-state index contributed by atoms with van der Waals surface area (Å²) in [6, 6.07) is 3.39. The molecule has 0 saturated heterocycles. The molecule has 1 atom stereocenters. The number of carboxylic acid groups (broad SMARTS) is 1. The molecule has 0 aliphatic rings. The lowest BCUT2D eigenvalue weighted by atomic mass is 10.0. The van der Waals surface area contributed by atoms with Gasteiger partial charge in [-0.1, -0.05) is 0 Å². The Morgan fingerprint density at radius 2 is 1.89 bits per heavy atom. The molecule has 0 unspecified atom stereocenters. The monoisotopic (exact) mass is 349 g/mol. The molecule has 1 rings (SSSR count). The van der Waals surface area contributed by atoms with Crippen LogP contribution in [0.5, 0.6) is 0 Å². The van der Waals surface area contributed by atoms with E-state index in [0.717, 1.165) is 3.79 Å². The quantitative estimate of drug-likeness (QED) is 0.877. The molecule has 19 heavy (non-hydrogen) atoms. The fraction of sp³-hybridized carbons (Fsp3) is 0.500. The Bertz CT molecular complexity index is 494. The molecule has 7 heteroatoms. The number of ether oxygens (including phenoxy) is 1. The Kier molecular flexibility index (Phi) is 4.63. The lowest BCUT2D eigenvalue weighted by molar-refractivity contribution is -0.144. The Morgan fingerprint density at radius 1 is 1.32 bits per heavy atom. The lowest BCUT2D eigenvalue weighted by Gasteiger charge is -2.27. The number of carbonyl (C=O) groups is 2. The summed E-state index contributed by atoms with van der Waals surface area (Å²) >= 11 is 4.52. The molecular weight excluding hydrogens is 334 g/mol. The van der Waals surface area contributed by atoms with Crippen LogP contribution in [0, 0.1) is 0 Å². The summed E-state index contributed by atoms with van der Waals surface area (Å²) in [5.74, 6) is -1.15. The Balaban J connectivity index is 2.96. The summed E-state index contributed by atoms with van der Waals surface area (Å²) in [4.78, 5) is 23.7. The molecule has 0 saturated carbocycles. The zero-order chi connectivity index (χ0) is 14.8. The van der Waals surface area contributed by atoms with E-state index in [2.05, 4.69) is 21.2 Å². The van der Waals surface area contributed by atoms with E-state index in [9.17, 15) is 14.7 Å². The van der Waals surface area contributed by atoms with Crippen LogP contribution in [0.15, 0.2) is 15.9 Å². The third kappa shape index (κ3) is 4.21. The second kappa shape index (κ2) is 5.50. The van der Waals surface area contributed by atoms with Gasteiger partial charge in [0.05, 0.1) is 3.79 Å². The molecule has 106 valence electrons. The fourth-order valence-corrected chi connectivity index (χ4v) is 2.79. The van der Waals surface area contributed by atoms with Crippen molar-refractivity contribution in [2.24, 2.45) is 0 Å². The lowest BCUT2D eigenvalue weighted by Crippen LogP contribution is -2.50. The van der Waals surface area contributed by atoms with Gasteiger partial charge in [0.1, 0.15) is 5.60 Å². The highest BCUT2D eigenvalue weighted by Gasteiger charge is 2.39. The molecule has 0 aliphatic carbocycles. The highest BCUT2D eigenvalue weighted by molar-refractivity contribution is 9.11. The number of aliphatic carboxylic acids is 1. The van der Waals surface area contributed by atoms with E-state index in [0.29, 0.717) is 4.88 Å². The highest BCUT2D eigenvalue weighted by Crippen LogP contribution is 2.31. The summed E-state index contributed by atoms with van der Waals surface area (Å²) in [5.41, 5.74) is -2.20. The fourth-order valence-electron chi connectivity index (χ4n) is 1.31. The van der Waals surface area contributed by atoms with Gasteiger partial charge in [-0.2, -0.15) is 0 Å². The average molecular weight is 350 g/mol. The Hall–Kier alpha value is -1.08. The first kappa shape index (κ1) is 16.0. The van der Waals surface area contributed by atoms with E-state index >= 15 is 0 Å². The molecule has 0 aromatic carbocycles. The standard InChI is InChI=1S/C12H16BrNO4S/c1-11(2,3)18-10(17)14-12(4,9(15)16)7-5-6-8(13)19-7/h5-6H,1-4H3,(H,14,17)(H,15,16)/t12-/m1/s1. The normalized spacial score (nSPS) is 14.6. The number of carboxylic acids is 1. The molecule has 1 amide bonds. The van der Waals surface area contributed by atoms with Gasteiger partial charge in [0.25, 0.3) is 0 Å². The number of rotatable bonds is 3. The molecule has 0 fully saturated rings. The number of thiophene rings is 1. The maximum Gasteiger partial charge on any atom is 0.408 e. The maximum atomic E-state index is 11.8. The number of alkyl carbamates (subject to hydrolysis) is 1. The van der Waals surface area contributed by atoms with Crippen molar-refractivity contribution in [3.05, 3.63) is 20.8 Å². The third-order valence-electron chi connectivity index (χ3n) is 2.24. The van der Waals surface area contributed by atoms with Gasteiger partial charge in [-0.15, -0.1) is 11.3 Å². The van der Waals surface area contributed by atoms with Crippen molar-refractivity contribution >= 4 is 39.3 Å². The van der Waals surface area contributed by atoms with Crippen molar-refractivity contribution in [3.8, 4) is 0 Å². The smallest absolute Gasteiger partial charge is 0.408 e. The van der Waals surface area contributed by atoms with Crippen LogP contribution in [0.2, 0.25) is 0 Å². The van der Waals surface area contributed by atoms with Crippen LogP contribution in [-0.2, 0) is 15.1 Å². The Morgan fingerprint density at radius 3 is 2.26 bits per heavy atom. The molecule has 0 radical (unpaired) electrons. The number of amides is 1. The van der Waals surface area contributed by atoms with Crippen LogP contribution in [-0.4, -0.2) is 22.8 Å². The SMILES string of the molecule is CC(C)(C)OC(=O)N[C@@](C)(C(=O)O)c1ccc(Br)s1. The summed E-state index contributed by atoms with van der Waals surface area (Å²) in [6.45, 7) is 6.57. The Labute approximate surface area is 124 Å². The zero-order valence-electron chi connectivity index (χ0n) is 11.1. The zero-order valence-corrected chi connectivity index (χ0v) is 13.5. The summed E-state index contributed by atoms with van der Waals surface area (Å²) in [5, 5.41) is 11.8. The van der Waals surface area contributed by atoms with E-state index in [1.807, 2.05) is 0 Å². The predicted molar refractivity (Wildman–Crippen MR) is 76.4 cm³/mol. The molecule has 0 bridgehead atoms. The summed E-state index contributed by atoms with van der Waals surface area (Å²) in [7, 11) is 0. The van der Waals surface area contributed by atoms with E-state index in [4.69, 9.17) is 4.74 Å². The first-order valence-corrected chi connectivity index (χ1v) is 7.16. The number of carbonyl (C=O) groups excluding carboxylic acids is 1. The van der Waals surface area contributed by atoms with Crippen molar-refractivity contribution < 1.29 is 19.4 Å². The summed E-state index contributed by atoms with van der Waals surface area (Å²) < 4.78 is 5.88. The molecular formula is C12H16BrNO4S. The van der Waals surface area contributed by atoms with Gasteiger partial charge in [-0.25, -0.2) is 9.59 Å². The van der Waals surface area contributed by atoms with E-state index < -0.39 is 23.2 Å². The van der Waals surface area contributed by atoms with E-state index in [1.54, 1.807) is 32.9 Å². The minimum Gasteiger partial charge on any atom is -0.479 e. The maximum absolute atomic E-state index is 11.8. The second-order valence-electron chi connectivity index (χ2n) is 5.16. The largest absolute Gasteiger partial charge is 0.479 e. The molecule has 5 nitrogen and oxygen atoms in total. The molecule has 2 N–H and O–H groups in total. The molecule has 0 aliphatic heterocycles. The van der Waals surface area contributed by atoms with Crippen LogP contribution >= 0.6 is 27.3 Å². The minimum atomic E-state index is -1.51. The number of hydrogen-bond acceptors (Lipinski definition) is 4. The molecule has 1 heterocycles. The second-order valence-corrected chi connectivity index (χ2v) is 7.62. The topological polar surface area (TPSA) is 75.6 Å². The molecule has 0 spiro atoms. The van der Waals surface area contributed by atoms with Crippen molar-refractivity contribution in [2.45, 2.75) is 38.8 Å². The minimum absolute atomic E-state index is 0.512. The van der Waals surface area contributed by atoms with Crippen molar-refractivity contribution in [3.63, 3.8) is 0 Å². The van der Waals surface area contributed by atoms with E-state index in [-0.39, 0.29) is 0 Å². The number of nitrogens with one attached hydrogen (secondary N) is 1. The van der Waals surface area contributed by atoms with Crippen LogP contribution in [0.25, 0.3) is 0 Å². The van der Waals surface area contributed by atoms with Gasteiger partial charge in [0, 0.05) is 4.88 Å². The van der Waals surface area contributed by atoms with Crippen LogP contribution < -0.4 is 5.32 Å². The van der Waals surface area contributed by atoms with Gasteiger partial charge < -0.3 is 15.2 Å². The van der Waals surface area contributed by atoms with Gasteiger partial charge in [0.2, 0.25) is 0 Å². The predicted octanol–water partition coefficient (Wildman–Crippen LogP) is 3.34. The van der Waals surface area contributed by atoms with Crippen molar-refractivity contribution in [1.29, 1.82) is 0 Å². The van der Waals surface area contributed by atoms with Crippen LogP contribution in [0.4, 0.5) is 4.79 Å². The third-order valence-corrected chi connectivity index (χ3v) is 4.09. The highest BCUT2D eigenvalue weighted by atomic mass is 79.9. The number of halogens is 1. The van der Waals surface area contributed by atoms with Gasteiger partial charge in [-0.05, 0) is 55.8 Å². The average Bonchev–Trinajstić information content (AvgIpc) is 2.61. The molecule has 1 aromatic rings. The number of hydrogen-bond donors (Lipinski definition) is 2. The van der Waals surface area contributed by atoms with Gasteiger partial charge in [-0.3, -0.25) is 0 Å². The van der Waals surface area contributed by atoms with Gasteiger partial charge >= 0.3 is 12.1 Å². The first-order chi connectivity index (χ1) is 8.54. The van der Waals surface area contributed by atoms with Gasteiger partial charge in [0.15, 0.2) is 5.54 Å². The molecule has 1 aromatic heterocycles. The van der Waals surface area contributed by atoms with E-state index in [1.165, 1.54) is 18.3 Å².